The molecule has 0 fully saturated rings. The summed E-state index contributed by atoms with van der Waals surface area (Å²) in [5, 5.41) is 0. The summed E-state index contributed by atoms with van der Waals surface area (Å²) < 4.78 is 10.2. The Morgan fingerprint density at radius 3 is 2.00 bits per heavy atom. The number of allylic oxidation sites excluding steroid dienone is 1. The van der Waals surface area contributed by atoms with Crippen LogP contribution in [0.4, 0.5) is 0 Å². The molecule has 13 heavy (non-hydrogen) atoms. The van der Waals surface area contributed by atoms with Crippen molar-refractivity contribution in [2.24, 2.45) is 5.41 Å². The lowest BCUT2D eigenvalue weighted by Crippen LogP contribution is -2.14. The standard InChI is InChI=1S/C11H22O2/c1-9(8-11(2,3)4)7-10(12-5)13-6/h8,10H,7H2,1-6H3/b9-8-. The molecule has 0 spiro atoms. The van der Waals surface area contributed by atoms with Gasteiger partial charge >= 0.3 is 0 Å². The van der Waals surface area contributed by atoms with Crippen LogP contribution in [0, 0.1) is 5.41 Å². The van der Waals surface area contributed by atoms with E-state index in [1.807, 2.05) is 0 Å². The highest BCUT2D eigenvalue weighted by Crippen LogP contribution is 2.20. The van der Waals surface area contributed by atoms with Crippen molar-refractivity contribution in [3.63, 3.8) is 0 Å². The Morgan fingerprint density at radius 2 is 1.69 bits per heavy atom. The molecular weight excluding hydrogens is 164 g/mol. The van der Waals surface area contributed by atoms with E-state index in [4.69, 9.17) is 9.47 Å². The van der Waals surface area contributed by atoms with Crippen molar-refractivity contribution in [1.82, 2.24) is 0 Å². The Hall–Kier alpha value is -0.340. The van der Waals surface area contributed by atoms with Gasteiger partial charge in [0.05, 0.1) is 0 Å². The van der Waals surface area contributed by atoms with Crippen LogP contribution in [0.1, 0.15) is 34.1 Å². The largest absolute Gasteiger partial charge is 0.356 e. The third-order valence-corrected chi connectivity index (χ3v) is 1.69. The maximum Gasteiger partial charge on any atom is 0.160 e. The first-order valence-electron chi connectivity index (χ1n) is 4.63. The molecule has 0 aliphatic heterocycles. The molecule has 0 aliphatic rings. The smallest absolute Gasteiger partial charge is 0.160 e. The van der Waals surface area contributed by atoms with Gasteiger partial charge in [0.2, 0.25) is 0 Å². The van der Waals surface area contributed by atoms with Crippen LogP contribution in [0.15, 0.2) is 11.6 Å². The summed E-state index contributed by atoms with van der Waals surface area (Å²) in [6, 6.07) is 0. The van der Waals surface area contributed by atoms with Crippen molar-refractivity contribution in [2.75, 3.05) is 14.2 Å². The Morgan fingerprint density at radius 1 is 1.23 bits per heavy atom. The number of hydrogen-bond acceptors (Lipinski definition) is 2. The highest BCUT2D eigenvalue weighted by atomic mass is 16.7. The topological polar surface area (TPSA) is 18.5 Å². The van der Waals surface area contributed by atoms with Gasteiger partial charge in [0.25, 0.3) is 0 Å². The van der Waals surface area contributed by atoms with Crippen LogP contribution in [0.25, 0.3) is 0 Å². The fourth-order valence-corrected chi connectivity index (χ4v) is 1.32. The second-order valence-electron chi connectivity index (χ2n) is 4.46. The van der Waals surface area contributed by atoms with E-state index in [9.17, 15) is 0 Å². The van der Waals surface area contributed by atoms with E-state index in [1.165, 1.54) is 5.57 Å². The minimum absolute atomic E-state index is 0.112. The van der Waals surface area contributed by atoms with E-state index in [2.05, 4.69) is 33.8 Å². The van der Waals surface area contributed by atoms with E-state index in [-0.39, 0.29) is 11.7 Å². The zero-order valence-corrected chi connectivity index (χ0v) is 9.68. The van der Waals surface area contributed by atoms with Gasteiger partial charge in [-0.2, -0.15) is 0 Å². The van der Waals surface area contributed by atoms with Gasteiger partial charge in [-0.1, -0.05) is 32.4 Å². The van der Waals surface area contributed by atoms with Crippen LogP contribution in [0.5, 0.6) is 0 Å². The first-order chi connectivity index (χ1) is 5.89. The lowest BCUT2D eigenvalue weighted by atomic mass is 9.93. The quantitative estimate of drug-likeness (QED) is 0.496. The molecule has 0 N–H and O–H groups in total. The molecule has 0 saturated carbocycles. The van der Waals surface area contributed by atoms with Crippen LogP contribution >= 0.6 is 0 Å². The zero-order chi connectivity index (χ0) is 10.5. The first kappa shape index (κ1) is 12.7. The summed E-state index contributed by atoms with van der Waals surface area (Å²) in [5.41, 5.74) is 1.54. The SMILES string of the molecule is COC(C/C(C)=C\C(C)(C)C)OC. The summed E-state index contributed by atoms with van der Waals surface area (Å²) in [6.07, 6.45) is 2.97. The van der Waals surface area contributed by atoms with E-state index in [0.717, 1.165) is 6.42 Å². The van der Waals surface area contributed by atoms with Gasteiger partial charge in [-0.25, -0.2) is 0 Å². The third kappa shape index (κ3) is 6.79. The molecule has 0 rings (SSSR count). The van der Waals surface area contributed by atoms with Crippen molar-refractivity contribution in [3.8, 4) is 0 Å². The Labute approximate surface area is 81.9 Å². The first-order valence-corrected chi connectivity index (χ1v) is 4.63. The van der Waals surface area contributed by atoms with Crippen molar-refractivity contribution >= 4 is 0 Å². The molecule has 2 heteroatoms. The van der Waals surface area contributed by atoms with Gasteiger partial charge < -0.3 is 9.47 Å². The van der Waals surface area contributed by atoms with E-state index in [1.54, 1.807) is 14.2 Å². The van der Waals surface area contributed by atoms with Crippen molar-refractivity contribution in [3.05, 3.63) is 11.6 Å². The lowest BCUT2D eigenvalue weighted by Gasteiger charge is -2.17. The Bertz CT molecular complexity index is 161. The summed E-state index contributed by atoms with van der Waals surface area (Å²) in [7, 11) is 3.33. The van der Waals surface area contributed by atoms with Crippen LogP contribution in [-0.4, -0.2) is 20.5 Å². The molecule has 0 heterocycles. The van der Waals surface area contributed by atoms with Gasteiger partial charge in [0, 0.05) is 20.6 Å². The predicted octanol–water partition coefficient (Wildman–Crippen LogP) is 2.99. The molecule has 0 amide bonds. The molecule has 0 radical (unpaired) electrons. The van der Waals surface area contributed by atoms with Crippen LogP contribution in [0.2, 0.25) is 0 Å². The van der Waals surface area contributed by atoms with Crippen molar-refractivity contribution in [2.45, 2.75) is 40.4 Å². The highest BCUT2D eigenvalue weighted by molar-refractivity contribution is 5.04. The number of rotatable bonds is 4. The lowest BCUT2D eigenvalue weighted by molar-refractivity contribution is -0.100. The van der Waals surface area contributed by atoms with Crippen LogP contribution < -0.4 is 0 Å². The van der Waals surface area contributed by atoms with Gasteiger partial charge in [-0.15, -0.1) is 0 Å². The number of methoxy groups -OCH3 is 2. The fraction of sp³-hybridized carbons (Fsp3) is 0.818. The molecule has 0 aromatic rings. The normalized spacial score (nSPS) is 13.9. The average molecular weight is 186 g/mol. The average Bonchev–Trinajstić information content (AvgIpc) is 1.96. The molecule has 0 atom stereocenters. The van der Waals surface area contributed by atoms with Crippen LogP contribution in [0.3, 0.4) is 0 Å². The minimum Gasteiger partial charge on any atom is -0.356 e. The highest BCUT2D eigenvalue weighted by Gasteiger charge is 2.10. The zero-order valence-electron chi connectivity index (χ0n) is 9.68. The second-order valence-corrected chi connectivity index (χ2v) is 4.46. The molecular formula is C11H22O2. The molecule has 0 saturated heterocycles. The van der Waals surface area contributed by atoms with Gasteiger partial charge in [0.15, 0.2) is 6.29 Å². The fourth-order valence-electron chi connectivity index (χ4n) is 1.32. The van der Waals surface area contributed by atoms with Crippen molar-refractivity contribution in [1.29, 1.82) is 0 Å². The van der Waals surface area contributed by atoms with Gasteiger partial charge in [-0.3, -0.25) is 0 Å². The maximum absolute atomic E-state index is 5.12. The number of hydrogen-bond donors (Lipinski definition) is 0. The van der Waals surface area contributed by atoms with Crippen molar-refractivity contribution < 1.29 is 9.47 Å². The molecule has 0 aromatic heterocycles. The van der Waals surface area contributed by atoms with E-state index >= 15 is 0 Å². The third-order valence-electron chi connectivity index (χ3n) is 1.69. The molecule has 0 aliphatic carbocycles. The van der Waals surface area contributed by atoms with Gasteiger partial charge in [-0.05, 0) is 12.3 Å². The minimum atomic E-state index is -0.112. The second kappa shape index (κ2) is 5.40. The van der Waals surface area contributed by atoms with E-state index in [0.29, 0.717) is 0 Å². The molecule has 0 aromatic carbocycles. The molecule has 0 bridgehead atoms. The number of ether oxygens (including phenoxy) is 2. The molecule has 2 nitrogen and oxygen atoms in total. The van der Waals surface area contributed by atoms with Gasteiger partial charge in [0.1, 0.15) is 0 Å². The predicted molar refractivity (Wildman–Crippen MR) is 55.6 cm³/mol. The maximum atomic E-state index is 5.12. The Balaban J connectivity index is 4.12. The van der Waals surface area contributed by atoms with E-state index < -0.39 is 0 Å². The van der Waals surface area contributed by atoms with Crippen LogP contribution in [-0.2, 0) is 9.47 Å². The molecule has 0 unspecified atom stereocenters. The Kier molecular flexibility index (Phi) is 5.26. The summed E-state index contributed by atoms with van der Waals surface area (Å²) in [4.78, 5) is 0. The monoisotopic (exact) mass is 186 g/mol. The summed E-state index contributed by atoms with van der Waals surface area (Å²) >= 11 is 0. The molecule has 78 valence electrons. The summed E-state index contributed by atoms with van der Waals surface area (Å²) in [6.45, 7) is 8.66. The summed E-state index contributed by atoms with van der Waals surface area (Å²) in [5.74, 6) is 0.